The molecule has 0 spiro atoms. The summed E-state index contributed by atoms with van der Waals surface area (Å²) in [6.07, 6.45) is 2.74. The van der Waals surface area contributed by atoms with Gasteiger partial charge in [-0.15, -0.1) is 0 Å². The van der Waals surface area contributed by atoms with Crippen LogP contribution in [0, 0.1) is 5.92 Å². The van der Waals surface area contributed by atoms with Crippen LogP contribution < -0.4 is 5.32 Å². The Hall–Kier alpha value is -1.29. The summed E-state index contributed by atoms with van der Waals surface area (Å²) in [6.45, 7) is 3.43. The van der Waals surface area contributed by atoms with Gasteiger partial charge in [-0.1, -0.05) is 6.92 Å². The number of nitrogens with zero attached hydrogens (tertiary/aromatic N) is 1. The largest absolute Gasteiger partial charge is 0.364 e. The van der Waals surface area contributed by atoms with E-state index in [0.717, 1.165) is 18.7 Å². The van der Waals surface area contributed by atoms with E-state index < -0.39 is 0 Å². The van der Waals surface area contributed by atoms with Crippen molar-refractivity contribution in [2.75, 3.05) is 20.6 Å². The minimum absolute atomic E-state index is 0.0740. The number of aromatic amines is 1. The first kappa shape index (κ1) is 12.8. The van der Waals surface area contributed by atoms with Gasteiger partial charge in [-0.25, -0.2) is 0 Å². The number of amides is 1. The Labute approximate surface area is 97.0 Å². The number of hydrogen-bond acceptors (Lipinski definition) is 2. The van der Waals surface area contributed by atoms with Gasteiger partial charge in [0.15, 0.2) is 0 Å². The molecule has 0 bridgehead atoms. The van der Waals surface area contributed by atoms with E-state index in [-0.39, 0.29) is 11.8 Å². The van der Waals surface area contributed by atoms with Gasteiger partial charge in [-0.2, -0.15) is 0 Å². The molecule has 16 heavy (non-hydrogen) atoms. The van der Waals surface area contributed by atoms with E-state index in [1.165, 1.54) is 0 Å². The highest BCUT2D eigenvalue weighted by atomic mass is 16.2. The fourth-order valence-corrected chi connectivity index (χ4v) is 1.76. The third-order valence-electron chi connectivity index (χ3n) is 2.74. The predicted molar refractivity (Wildman–Crippen MR) is 65.0 cm³/mol. The Morgan fingerprint density at radius 2 is 2.38 bits per heavy atom. The number of carbonyl (C=O) groups is 1. The first-order valence-electron chi connectivity index (χ1n) is 5.70. The van der Waals surface area contributed by atoms with Crippen LogP contribution in [0.25, 0.3) is 0 Å². The Morgan fingerprint density at radius 3 is 2.88 bits per heavy atom. The summed E-state index contributed by atoms with van der Waals surface area (Å²) >= 11 is 0. The SMILES string of the molecule is CCC(CNC)C(=O)N(C)Cc1ccc[nH]1. The molecular weight excluding hydrogens is 202 g/mol. The minimum atomic E-state index is 0.0740. The second-order valence-electron chi connectivity index (χ2n) is 4.05. The molecule has 4 heteroatoms. The Morgan fingerprint density at radius 1 is 1.62 bits per heavy atom. The van der Waals surface area contributed by atoms with Crippen LogP contribution >= 0.6 is 0 Å². The molecule has 0 fully saturated rings. The molecule has 0 aliphatic rings. The molecule has 0 aliphatic carbocycles. The van der Waals surface area contributed by atoms with Gasteiger partial charge in [-0.3, -0.25) is 4.79 Å². The first-order chi connectivity index (χ1) is 7.69. The molecule has 0 radical (unpaired) electrons. The van der Waals surface area contributed by atoms with Gasteiger partial charge in [-0.05, 0) is 25.6 Å². The number of H-pyrrole nitrogens is 1. The zero-order valence-corrected chi connectivity index (χ0v) is 10.3. The lowest BCUT2D eigenvalue weighted by atomic mass is 10.1. The van der Waals surface area contributed by atoms with E-state index in [2.05, 4.69) is 10.3 Å². The normalized spacial score (nSPS) is 12.4. The highest BCUT2D eigenvalue weighted by Gasteiger charge is 2.19. The molecule has 0 saturated heterocycles. The lowest BCUT2D eigenvalue weighted by molar-refractivity contribution is -0.134. The summed E-state index contributed by atoms with van der Waals surface area (Å²) in [6, 6.07) is 3.93. The monoisotopic (exact) mass is 223 g/mol. The van der Waals surface area contributed by atoms with Crippen LogP contribution in [-0.2, 0) is 11.3 Å². The summed E-state index contributed by atoms with van der Waals surface area (Å²) in [5, 5.41) is 3.06. The summed E-state index contributed by atoms with van der Waals surface area (Å²) in [5.74, 6) is 0.274. The van der Waals surface area contributed by atoms with E-state index in [9.17, 15) is 4.79 Å². The molecule has 1 aromatic rings. The molecular formula is C12H21N3O. The van der Waals surface area contributed by atoms with Gasteiger partial charge >= 0.3 is 0 Å². The van der Waals surface area contributed by atoms with E-state index in [4.69, 9.17) is 0 Å². The molecule has 2 N–H and O–H groups in total. The van der Waals surface area contributed by atoms with Gasteiger partial charge in [0.25, 0.3) is 0 Å². The maximum Gasteiger partial charge on any atom is 0.227 e. The van der Waals surface area contributed by atoms with Crippen molar-refractivity contribution in [3.63, 3.8) is 0 Å². The molecule has 1 unspecified atom stereocenters. The number of carbonyl (C=O) groups excluding carboxylic acids is 1. The van der Waals surface area contributed by atoms with E-state index in [0.29, 0.717) is 6.54 Å². The minimum Gasteiger partial charge on any atom is -0.364 e. The average molecular weight is 223 g/mol. The van der Waals surface area contributed by atoms with Crippen molar-refractivity contribution < 1.29 is 4.79 Å². The van der Waals surface area contributed by atoms with Gasteiger partial charge in [0, 0.05) is 25.5 Å². The van der Waals surface area contributed by atoms with Crippen LogP contribution in [0.2, 0.25) is 0 Å². The van der Waals surface area contributed by atoms with Crippen molar-refractivity contribution >= 4 is 5.91 Å². The van der Waals surface area contributed by atoms with Crippen LogP contribution in [0.5, 0.6) is 0 Å². The molecule has 0 saturated carbocycles. The standard InChI is InChI=1S/C12H21N3O/c1-4-10(8-13-2)12(16)15(3)9-11-6-5-7-14-11/h5-7,10,13-14H,4,8-9H2,1-3H3. The number of rotatable bonds is 6. The van der Waals surface area contributed by atoms with Gasteiger partial charge in [0.1, 0.15) is 0 Å². The molecule has 1 heterocycles. The van der Waals surface area contributed by atoms with E-state index >= 15 is 0 Å². The van der Waals surface area contributed by atoms with Crippen molar-refractivity contribution in [2.24, 2.45) is 5.92 Å². The third kappa shape index (κ3) is 3.38. The third-order valence-corrected chi connectivity index (χ3v) is 2.74. The zero-order valence-electron chi connectivity index (χ0n) is 10.3. The van der Waals surface area contributed by atoms with Gasteiger partial charge < -0.3 is 15.2 Å². The summed E-state index contributed by atoms with van der Waals surface area (Å²) < 4.78 is 0. The lowest BCUT2D eigenvalue weighted by Gasteiger charge is -2.22. The summed E-state index contributed by atoms with van der Waals surface area (Å²) in [5.41, 5.74) is 1.06. The number of nitrogens with one attached hydrogen (secondary N) is 2. The number of hydrogen-bond donors (Lipinski definition) is 2. The van der Waals surface area contributed by atoms with Gasteiger partial charge in [0.05, 0.1) is 12.5 Å². The summed E-state index contributed by atoms with van der Waals surface area (Å²) in [7, 11) is 3.72. The predicted octanol–water partition coefficient (Wildman–Crippen LogP) is 1.22. The maximum absolute atomic E-state index is 12.1. The maximum atomic E-state index is 12.1. The van der Waals surface area contributed by atoms with Crippen LogP contribution in [0.1, 0.15) is 19.0 Å². The molecule has 0 aliphatic heterocycles. The molecule has 90 valence electrons. The summed E-state index contributed by atoms with van der Waals surface area (Å²) in [4.78, 5) is 16.9. The molecule has 4 nitrogen and oxygen atoms in total. The van der Waals surface area contributed by atoms with Crippen LogP contribution in [0.3, 0.4) is 0 Å². The van der Waals surface area contributed by atoms with Crippen molar-refractivity contribution in [3.8, 4) is 0 Å². The van der Waals surface area contributed by atoms with Crippen molar-refractivity contribution in [3.05, 3.63) is 24.0 Å². The smallest absolute Gasteiger partial charge is 0.227 e. The number of aromatic nitrogens is 1. The molecule has 1 aromatic heterocycles. The highest BCUT2D eigenvalue weighted by molar-refractivity contribution is 5.78. The molecule has 0 aromatic carbocycles. The highest BCUT2D eigenvalue weighted by Crippen LogP contribution is 2.08. The van der Waals surface area contributed by atoms with Gasteiger partial charge in [0.2, 0.25) is 5.91 Å². The molecule has 1 amide bonds. The Balaban J connectivity index is 2.52. The van der Waals surface area contributed by atoms with Crippen molar-refractivity contribution in [2.45, 2.75) is 19.9 Å². The van der Waals surface area contributed by atoms with Crippen LogP contribution in [0.15, 0.2) is 18.3 Å². The first-order valence-corrected chi connectivity index (χ1v) is 5.70. The molecule has 1 rings (SSSR count). The molecule has 1 atom stereocenters. The van der Waals surface area contributed by atoms with E-state index in [1.807, 2.05) is 39.3 Å². The quantitative estimate of drug-likeness (QED) is 0.761. The zero-order chi connectivity index (χ0) is 12.0. The average Bonchev–Trinajstić information content (AvgIpc) is 2.77. The second kappa shape index (κ2) is 6.33. The van der Waals surface area contributed by atoms with Crippen LogP contribution in [0.4, 0.5) is 0 Å². The Kier molecular flexibility index (Phi) is 5.05. The topological polar surface area (TPSA) is 48.1 Å². The van der Waals surface area contributed by atoms with Crippen molar-refractivity contribution in [1.29, 1.82) is 0 Å². The fourth-order valence-electron chi connectivity index (χ4n) is 1.76. The Bertz CT molecular complexity index is 308. The van der Waals surface area contributed by atoms with Crippen molar-refractivity contribution in [1.82, 2.24) is 15.2 Å². The van der Waals surface area contributed by atoms with E-state index in [1.54, 1.807) is 4.90 Å². The lowest BCUT2D eigenvalue weighted by Crippen LogP contribution is -2.36. The van der Waals surface area contributed by atoms with Crippen LogP contribution in [-0.4, -0.2) is 36.4 Å². The fraction of sp³-hybridized carbons (Fsp3) is 0.583. The second-order valence-corrected chi connectivity index (χ2v) is 4.05.